The summed E-state index contributed by atoms with van der Waals surface area (Å²) in [6.07, 6.45) is 0. The van der Waals surface area contributed by atoms with E-state index in [2.05, 4.69) is 10.6 Å². The van der Waals surface area contributed by atoms with Crippen LogP contribution < -0.4 is 24.8 Å². The second-order valence-electron chi connectivity index (χ2n) is 6.37. The zero-order chi connectivity index (χ0) is 22.2. The maximum atomic E-state index is 13.3. The van der Waals surface area contributed by atoms with Gasteiger partial charge in [-0.2, -0.15) is 0 Å². The molecule has 0 bridgehead atoms. The van der Waals surface area contributed by atoms with Crippen LogP contribution in [-0.4, -0.2) is 32.6 Å². The Kier molecular flexibility index (Phi) is 7.05. The number of rotatable bonds is 8. The van der Waals surface area contributed by atoms with Crippen molar-refractivity contribution < 1.29 is 28.2 Å². The van der Waals surface area contributed by atoms with Crippen molar-refractivity contribution >= 4 is 17.5 Å². The number of likely N-dealkylation sites (N-methyl/N-ethyl adjacent to an activating group) is 1. The van der Waals surface area contributed by atoms with E-state index in [1.165, 1.54) is 32.4 Å². The van der Waals surface area contributed by atoms with E-state index in [9.17, 15) is 14.0 Å². The zero-order valence-electron chi connectivity index (χ0n) is 17.0. The van der Waals surface area contributed by atoms with Crippen molar-refractivity contribution in [2.75, 3.05) is 26.1 Å². The average molecular weight is 424 g/mol. The highest BCUT2D eigenvalue weighted by Gasteiger charge is 2.13. The summed E-state index contributed by atoms with van der Waals surface area (Å²) >= 11 is 0. The van der Waals surface area contributed by atoms with Gasteiger partial charge in [0.05, 0.1) is 7.11 Å². The van der Waals surface area contributed by atoms with E-state index in [-0.39, 0.29) is 24.2 Å². The van der Waals surface area contributed by atoms with E-state index >= 15 is 0 Å². The summed E-state index contributed by atoms with van der Waals surface area (Å²) in [5, 5.41) is 5.23. The first-order valence-corrected chi connectivity index (χ1v) is 9.34. The van der Waals surface area contributed by atoms with Crippen LogP contribution in [0.1, 0.15) is 10.4 Å². The maximum Gasteiger partial charge on any atom is 0.257 e. The molecule has 3 aromatic carbocycles. The number of carbonyl (C=O) groups is 2. The molecule has 0 aromatic heterocycles. The normalized spacial score (nSPS) is 10.2. The number of hydrogen-bond donors (Lipinski definition) is 2. The second-order valence-corrected chi connectivity index (χ2v) is 6.37. The van der Waals surface area contributed by atoms with Gasteiger partial charge in [0.25, 0.3) is 11.8 Å². The van der Waals surface area contributed by atoms with E-state index in [0.29, 0.717) is 34.2 Å². The molecule has 2 N–H and O–H groups in total. The molecule has 0 aliphatic heterocycles. The van der Waals surface area contributed by atoms with Gasteiger partial charge in [0, 0.05) is 24.4 Å². The van der Waals surface area contributed by atoms with Crippen LogP contribution in [0.3, 0.4) is 0 Å². The highest BCUT2D eigenvalue weighted by molar-refractivity contribution is 6.04. The van der Waals surface area contributed by atoms with E-state index < -0.39 is 0 Å². The van der Waals surface area contributed by atoms with Crippen molar-refractivity contribution in [3.05, 3.63) is 78.1 Å². The van der Waals surface area contributed by atoms with E-state index in [4.69, 9.17) is 14.2 Å². The summed E-state index contributed by atoms with van der Waals surface area (Å²) in [4.78, 5) is 23.9. The molecule has 0 atom stereocenters. The Morgan fingerprint density at radius 2 is 1.71 bits per heavy atom. The largest absolute Gasteiger partial charge is 0.493 e. The number of carbonyl (C=O) groups excluding carboxylic acids is 2. The minimum Gasteiger partial charge on any atom is -0.493 e. The molecular weight excluding hydrogens is 403 g/mol. The molecule has 0 saturated carbocycles. The molecule has 31 heavy (non-hydrogen) atoms. The van der Waals surface area contributed by atoms with Gasteiger partial charge in [0.2, 0.25) is 0 Å². The van der Waals surface area contributed by atoms with Crippen LogP contribution in [0.5, 0.6) is 23.0 Å². The highest BCUT2D eigenvalue weighted by atomic mass is 19.1. The number of halogens is 1. The topological polar surface area (TPSA) is 85.9 Å². The van der Waals surface area contributed by atoms with Gasteiger partial charge >= 0.3 is 0 Å². The Hall–Kier alpha value is -4.07. The monoisotopic (exact) mass is 424 g/mol. The van der Waals surface area contributed by atoms with Gasteiger partial charge in [-0.25, -0.2) is 4.39 Å². The van der Waals surface area contributed by atoms with Crippen molar-refractivity contribution in [2.24, 2.45) is 0 Å². The van der Waals surface area contributed by atoms with Crippen molar-refractivity contribution in [3.63, 3.8) is 0 Å². The smallest absolute Gasteiger partial charge is 0.257 e. The Morgan fingerprint density at radius 3 is 2.39 bits per heavy atom. The molecule has 7 nitrogen and oxygen atoms in total. The molecule has 0 fully saturated rings. The van der Waals surface area contributed by atoms with E-state index in [1.807, 2.05) is 0 Å². The molecule has 3 aromatic rings. The van der Waals surface area contributed by atoms with Gasteiger partial charge < -0.3 is 24.8 Å². The molecule has 0 heterocycles. The standard InChI is InChI=1S/C23H21FN2O5/c1-25-22(27)14-30-20-11-6-15(12-21(20)29-2)23(28)26-17-7-9-18(10-8-17)31-19-5-3-4-16(24)13-19/h3-13H,14H2,1-2H3,(H,25,27)(H,26,28). The van der Waals surface area contributed by atoms with Gasteiger partial charge in [-0.05, 0) is 54.6 Å². The van der Waals surface area contributed by atoms with Crippen LogP contribution in [0, 0.1) is 5.82 Å². The fourth-order valence-electron chi connectivity index (χ4n) is 2.62. The third kappa shape index (κ3) is 5.96. The molecule has 8 heteroatoms. The first-order chi connectivity index (χ1) is 15.0. The fraction of sp³-hybridized carbons (Fsp3) is 0.130. The van der Waals surface area contributed by atoms with Gasteiger partial charge in [-0.3, -0.25) is 9.59 Å². The van der Waals surface area contributed by atoms with Gasteiger partial charge in [0.1, 0.15) is 17.3 Å². The van der Waals surface area contributed by atoms with Gasteiger partial charge in [-0.15, -0.1) is 0 Å². The lowest BCUT2D eigenvalue weighted by Crippen LogP contribution is -2.25. The fourth-order valence-corrected chi connectivity index (χ4v) is 2.62. The molecule has 3 rings (SSSR count). The van der Waals surface area contributed by atoms with Gasteiger partial charge in [-0.1, -0.05) is 6.07 Å². The maximum absolute atomic E-state index is 13.3. The minimum absolute atomic E-state index is 0.164. The van der Waals surface area contributed by atoms with E-state index in [1.54, 1.807) is 48.5 Å². The summed E-state index contributed by atoms with van der Waals surface area (Å²) in [5.74, 6) is 0.535. The van der Waals surface area contributed by atoms with Gasteiger partial charge in [0.15, 0.2) is 18.1 Å². The lowest BCUT2D eigenvalue weighted by molar-refractivity contribution is -0.122. The van der Waals surface area contributed by atoms with E-state index in [0.717, 1.165) is 0 Å². The SMILES string of the molecule is CNC(=O)COc1ccc(C(=O)Nc2ccc(Oc3cccc(F)c3)cc2)cc1OC. The lowest BCUT2D eigenvalue weighted by atomic mass is 10.1. The Labute approximate surface area is 178 Å². The van der Waals surface area contributed by atoms with Crippen molar-refractivity contribution in [2.45, 2.75) is 0 Å². The molecule has 0 unspecified atom stereocenters. The number of ether oxygens (including phenoxy) is 3. The average Bonchev–Trinajstić information content (AvgIpc) is 2.78. The zero-order valence-corrected chi connectivity index (χ0v) is 17.0. The van der Waals surface area contributed by atoms with Crippen LogP contribution in [0.25, 0.3) is 0 Å². The predicted molar refractivity (Wildman–Crippen MR) is 113 cm³/mol. The Bertz CT molecular complexity index is 1070. The third-order valence-corrected chi connectivity index (χ3v) is 4.21. The van der Waals surface area contributed by atoms with Crippen LogP contribution >= 0.6 is 0 Å². The molecule has 0 spiro atoms. The predicted octanol–water partition coefficient (Wildman–Crippen LogP) is 4.00. The summed E-state index contributed by atoms with van der Waals surface area (Å²) < 4.78 is 29.5. The molecule has 0 aliphatic rings. The third-order valence-electron chi connectivity index (χ3n) is 4.21. The van der Waals surface area contributed by atoms with Crippen LogP contribution in [0.15, 0.2) is 66.7 Å². The minimum atomic E-state index is -0.387. The number of amides is 2. The number of anilines is 1. The number of benzene rings is 3. The number of hydrogen-bond acceptors (Lipinski definition) is 5. The molecule has 0 saturated heterocycles. The first kappa shape index (κ1) is 21.6. The molecule has 2 amide bonds. The van der Waals surface area contributed by atoms with Crippen LogP contribution in [0.2, 0.25) is 0 Å². The van der Waals surface area contributed by atoms with Crippen LogP contribution in [-0.2, 0) is 4.79 Å². The van der Waals surface area contributed by atoms with Crippen molar-refractivity contribution in [1.29, 1.82) is 0 Å². The summed E-state index contributed by atoms with van der Waals surface area (Å²) in [6.45, 7) is -0.164. The highest BCUT2D eigenvalue weighted by Crippen LogP contribution is 2.29. The molecular formula is C23H21FN2O5. The van der Waals surface area contributed by atoms with Crippen molar-refractivity contribution in [1.82, 2.24) is 5.32 Å². The van der Waals surface area contributed by atoms with Crippen molar-refractivity contribution in [3.8, 4) is 23.0 Å². The number of nitrogens with one attached hydrogen (secondary N) is 2. The summed E-state index contributed by atoms with van der Waals surface area (Å²) in [7, 11) is 2.96. The molecule has 160 valence electrons. The lowest BCUT2D eigenvalue weighted by Gasteiger charge is -2.12. The second kappa shape index (κ2) is 10.1. The summed E-state index contributed by atoms with van der Waals surface area (Å²) in [6, 6.07) is 17.1. The van der Waals surface area contributed by atoms with Crippen LogP contribution in [0.4, 0.5) is 10.1 Å². The molecule has 0 aliphatic carbocycles. The quantitative estimate of drug-likeness (QED) is 0.571. The first-order valence-electron chi connectivity index (χ1n) is 9.34. The molecule has 0 radical (unpaired) electrons. The Morgan fingerprint density at radius 1 is 0.935 bits per heavy atom. The Balaban J connectivity index is 1.64. The summed E-state index contributed by atoms with van der Waals surface area (Å²) in [5.41, 5.74) is 0.903. The number of methoxy groups -OCH3 is 1.